The van der Waals surface area contributed by atoms with Crippen LogP contribution in [0.15, 0.2) is 18.3 Å². The Bertz CT molecular complexity index is 510. The number of phenols is 1. The smallest absolute Gasteiger partial charge is 0.170 e. The van der Waals surface area contributed by atoms with Gasteiger partial charge in [-0.15, -0.1) is 0 Å². The number of benzene rings is 1. The number of H-pyrrole nitrogens is 1. The van der Waals surface area contributed by atoms with Crippen molar-refractivity contribution in [2.75, 3.05) is 5.73 Å². The summed E-state index contributed by atoms with van der Waals surface area (Å²) in [5.41, 5.74) is 5.28. The molecule has 0 atom stereocenters. The Balaban J connectivity index is 2.72. The van der Waals surface area contributed by atoms with Crippen molar-refractivity contribution in [2.24, 2.45) is 0 Å². The van der Waals surface area contributed by atoms with Crippen LogP contribution in [0.5, 0.6) is 5.75 Å². The molecule has 78 valence electrons. The molecule has 15 heavy (non-hydrogen) atoms. The predicted molar refractivity (Wildman–Crippen MR) is 50.0 cm³/mol. The van der Waals surface area contributed by atoms with Gasteiger partial charge in [-0.25, -0.2) is 8.78 Å². The van der Waals surface area contributed by atoms with Crippen LogP contribution >= 0.6 is 0 Å². The van der Waals surface area contributed by atoms with Gasteiger partial charge in [0.05, 0.1) is 17.3 Å². The summed E-state index contributed by atoms with van der Waals surface area (Å²) in [7, 11) is 0. The van der Waals surface area contributed by atoms with Crippen LogP contribution in [0.1, 0.15) is 0 Å². The first-order chi connectivity index (χ1) is 7.11. The minimum Gasteiger partial charge on any atom is -0.507 e. The lowest BCUT2D eigenvalue weighted by Crippen LogP contribution is -1.93. The number of hydrogen-bond donors (Lipinski definition) is 3. The van der Waals surface area contributed by atoms with E-state index in [0.29, 0.717) is 0 Å². The number of hydrogen-bond acceptors (Lipinski definition) is 3. The lowest BCUT2D eigenvalue weighted by molar-refractivity contribution is 0.458. The summed E-state index contributed by atoms with van der Waals surface area (Å²) < 4.78 is 26.3. The molecular weight excluding hydrogens is 204 g/mol. The van der Waals surface area contributed by atoms with Gasteiger partial charge in [0.2, 0.25) is 0 Å². The molecule has 0 aliphatic carbocycles. The number of nitrogens with two attached hydrogens (primary N) is 1. The number of halogens is 2. The van der Waals surface area contributed by atoms with Crippen LogP contribution in [0.3, 0.4) is 0 Å². The summed E-state index contributed by atoms with van der Waals surface area (Å²) in [5, 5.41) is 15.3. The van der Waals surface area contributed by atoms with Crippen LogP contribution in [0.4, 0.5) is 14.6 Å². The van der Waals surface area contributed by atoms with Crippen molar-refractivity contribution < 1.29 is 13.9 Å². The Morgan fingerprint density at radius 1 is 1.33 bits per heavy atom. The molecule has 4 nitrogen and oxygen atoms in total. The molecule has 4 N–H and O–H groups in total. The standard InChI is InChI=1S/C9H7F2N3O/c10-5-1-2-6(15)7(8(5)11)4-3-13-14-9(4)12/h1-3,15H,(H3,12,13,14). The number of nitrogen functional groups attached to an aromatic ring is 1. The van der Waals surface area contributed by atoms with Gasteiger partial charge in [0.1, 0.15) is 11.6 Å². The third-order valence-corrected chi connectivity index (χ3v) is 2.01. The maximum absolute atomic E-state index is 13.4. The Morgan fingerprint density at radius 3 is 2.67 bits per heavy atom. The van der Waals surface area contributed by atoms with E-state index in [1.165, 1.54) is 6.20 Å². The zero-order valence-corrected chi connectivity index (χ0v) is 7.46. The maximum atomic E-state index is 13.4. The Kier molecular flexibility index (Phi) is 2.03. The second-order valence-corrected chi connectivity index (χ2v) is 2.95. The highest BCUT2D eigenvalue weighted by Crippen LogP contribution is 2.35. The quantitative estimate of drug-likeness (QED) is 0.671. The molecule has 0 fully saturated rings. The van der Waals surface area contributed by atoms with Gasteiger partial charge in [0.15, 0.2) is 11.6 Å². The molecule has 0 saturated carbocycles. The zero-order chi connectivity index (χ0) is 11.0. The van der Waals surface area contributed by atoms with Crippen molar-refractivity contribution in [3.05, 3.63) is 30.0 Å². The number of aromatic amines is 1. The summed E-state index contributed by atoms with van der Waals surface area (Å²) in [6, 6.07) is 1.89. The minimum atomic E-state index is -1.15. The van der Waals surface area contributed by atoms with E-state index in [1.54, 1.807) is 0 Å². The van der Waals surface area contributed by atoms with Gasteiger partial charge < -0.3 is 10.8 Å². The molecule has 2 aromatic rings. The molecule has 0 bridgehead atoms. The number of aromatic hydroxyl groups is 1. The molecule has 1 heterocycles. The summed E-state index contributed by atoms with van der Waals surface area (Å²) in [6.45, 7) is 0. The lowest BCUT2D eigenvalue weighted by atomic mass is 10.1. The zero-order valence-electron chi connectivity index (χ0n) is 7.46. The molecule has 0 amide bonds. The van der Waals surface area contributed by atoms with Gasteiger partial charge in [-0.3, -0.25) is 5.10 Å². The molecule has 0 aliphatic heterocycles. The van der Waals surface area contributed by atoms with Crippen molar-refractivity contribution in [3.63, 3.8) is 0 Å². The second kappa shape index (κ2) is 3.23. The highest BCUT2D eigenvalue weighted by atomic mass is 19.2. The number of aromatic nitrogens is 2. The normalized spacial score (nSPS) is 10.5. The average Bonchev–Trinajstić information content (AvgIpc) is 2.60. The number of anilines is 1. The van der Waals surface area contributed by atoms with Crippen molar-refractivity contribution in [2.45, 2.75) is 0 Å². The number of nitrogens with one attached hydrogen (secondary N) is 1. The SMILES string of the molecule is Nc1[nH]ncc1-c1c(O)ccc(F)c1F. The first-order valence-corrected chi connectivity index (χ1v) is 4.07. The topological polar surface area (TPSA) is 74.9 Å². The van der Waals surface area contributed by atoms with E-state index in [1.807, 2.05) is 0 Å². The molecule has 0 unspecified atom stereocenters. The Morgan fingerprint density at radius 2 is 2.07 bits per heavy atom. The predicted octanol–water partition coefficient (Wildman–Crippen LogP) is 1.64. The van der Waals surface area contributed by atoms with Crippen LogP contribution in [0, 0.1) is 11.6 Å². The van der Waals surface area contributed by atoms with Crippen molar-refractivity contribution in [3.8, 4) is 16.9 Å². The Labute approximate surface area is 83.4 Å². The molecule has 1 aromatic carbocycles. The molecule has 0 aliphatic rings. The highest BCUT2D eigenvalue weighted by molar-refractivity contribution is 5.78. The van der Waals surface area contributed by atoms with Crippen molar-refractivity contribution >= 4 is 5.82 Å². The maximum Gasteiger partial charge on any atom is 0.170 e. The van der Waals surface area contributed by atoms with Crippen LogP contribution in [-0.4, -0.2) is 15.3 Å². The van der Waals surface area contributed by atoms with Crippen molar-refractivity contribution in [1.29, 1.82) is 0 Å². The summed E-state index contributed by atoms with van der Waals surface area (Å²) in [6.07, 6.45) is 1.22. The monoisotopic (exact) mass is 211 g/mol. The molecule has 1 aromatic heterocycles. The van der Waals surface area contributed by atoms with Gasteiger partial charge in [-0.2, -0.15) is 5.10 Å². The van der Waals surface area contributed by atoms with E-state index >= 15 is 0 Å². The van der Waals surface area contributed by atoms with Crippen molar-refractivity contribution in [1.82, 2.24) is 10.2 Å². The van der Waals surface area contributed by atoms with Crippen LogP contribution < -0.4 is 5.73 Å². The van der Waals surface area contributed by atoms with Gasteiger partial charge in [0, 0.05) is 0 Å². The summed E-state index contributed by atoms with van der Waals surface area (Å²) in [4.78, 5) is 0. The number of rotatable bonds is 1. The molecule has 6 heteroatoms. The van der Waals surface area contributed by atoms with E-state index in [4.69, 9.17) is 5.73 Å². The van der Waals surface area contributed by atoms with Crippen LogP contribution in [0.25, 0.3) is 11.1 Å². The van der Waals surface area contributed by atoms with Gasteiger partial charge >= 0.3 is 0 Å². The average molecular weight is 211 g/mol. The summed E-state index contributed by atoms with van der Waals surface area (Å²) in [5.74, 6) is -2.52. The fraction of sp³-hybridized carbons (Fsp3) is 0. The third-order valence-electron chi connectivity index (χ3n) is 2.01. The van der Waals surface area contributed by atoms with Gasteiger partial charge in [-0.1, -0.05) is 0 Å². The van der Waals surface area contributed by atoms with Gasteiger partial charge in [-0.05, 0) is 12.1 Å². The largest absolute Gasteiger partial charge is 0.507 e. The van der Waals surface area contributed by atoms with E-state index in [9.17, 15) is 13.9 Å². The van der Waals surface area contributed by atoms with E-state index in [2.05, 4.69) is 10.2 Å². The molecule has 0 spiro atoms. The minimum absolute atomic E-state index is 0.0646. The lowest BCUT2D eigenvalue weighted by Gasteiger charge is -2.05. The molecule has 0 radical (unpaired) electrons. The first kappa shape index (κ1) is 9.45. The van der Waals surface area contributed by atoms with E-state index in [-0.39, 0.29) is 22.7 Å². The first-order valence-electron chi connectivity index (χ1n) is 4.07. The van der Waals surface area contributed by atoms with Gasteiger partial charge in [0.25, 0.3) is 0 Å². The second-order valence-electron chi connectivity index (χ2n) is 2.95. The van der Waals surface area contributed by atoms with Crippen LogP contribution in [-0.2, 0) is 0 Å². The van der Waals surface area contributed by atoms with E-state index < -0.39 is 11.6 Å². The number of nitrogens with zero attached hydrogens (tertiary/aromatic N) is 1. The third kappa shape index (κ3) is 1.39. The van der Waals surface area contributed by atoms with E-state index in [0.717, 1.165) is 12.1 Å². The molecule has 0 saturated heterocycles. The Hall–Kier alpha value is -2.11. The fourth-order valence-electron chi connectivity index (χ4n) is 1.29. The molecular formula is C9H7F2N3O. The van der Waals surface area contributed by atoms with Crippen LogP contribution in [0.2, 0.25) is 0 Å². The number of phenolic OH excluding ortho intramolecular Hbond substituents is 1. The summed E-state index contributed by atoms with van der Waals surface area (Å²) >= 11 is 0. The fourth-order valence-corrected chi connectivity index (χ4v) is 1.29. The molecule has 2 rings (SSSR count). The highest BCUT2D eigenvalue weighted by Gasteiger charge is 2.18.